The average Bonchev–Trinajstić information content (AvgIpc) is 2.60. The van der Waals surface area contributed by atoms with Crippen LogP contribution in [-0.2, 0) is 6.54 Å². The van der Waals surface area contributed by atoms with Gasteiger partial charge in [-0.3, -0.25) is 9.36 Å². The number of hydrogen-bond donors (Lipinski definition) is 0. The molecule has 3 rings (SSSR count). The lowest BCUT2D eigenvalue weighted by molar-refractivity contribution is 0.634. The van der Waals surface area contributed by atoms with E-state index in [1.54, 1.807) is 28.1 Å². The SMILES string of the molecule is CCn1c(SCCSc2ccc(Cl)cc2)nc2ccccc2c1=O. The topological polar surface area (TPSA) is 34.9 Å². The van der Waals surface area contributed by atoms with Gasteiger partial charge in [-0.1, -0.05) is 35.5 Å². The maximum absolute atomic E-state index is 12.6. The summed E-state index contributed by atoms with van der Waals surface area (Å²) in [4.78, 5) is 18.4. The fourth-order valence-electron chi connectivity index (χ4n) is 2.36. The second-order valence-corrected chi connectivity index (χ2v) is 7.78. The van der Waals surface area contributed by atoms with Gasteiger partial charge < -0.3 is 0 Å². The summed E-state index contributed by atoms with van der Waals surface area (Å²) in [6.07, 6.45) is 0. The van der Waals surface area contributed by atoms with Crippen molar-refractivity contribution in [3.63, 3.8) is 0 Å². The van der Waals surface area contributed by atoms with Gasteiger partial charge in [0.05, 0.1) is 10.9 Å². The molecule has 124 valence electrons. The van der Waals surface area contributed by atoms with Crippen LogP contribution in [0.15, 0.2) is 63.4 Å². The Labute approximate surface area is 154 Å². The predicted molar refractivity (Wildman–Crippen MR) is 105 cm³/mol. The maximum atomic E-state index is 12.6. The van der Waals surface area contributed by atoms with Gasteiger partial charge in [-0.25, -0.2) is 4.98 Å². The van der Waals surface area contributed by atoms with Crippen LogP contribution in [0.25, 0.3) is 10.9 Å². The number of fused-ring (bicyclic) bond motifs is 1. The molecular formula is C18H17ClN2OS2. The standard InChI is InChI=1S/C18H17ClN2OS2/c1-2-21-17(22)15-5-3-4-6-16(15)20-18(21)24-12-11-23-14-9-7-13(19)8-10-14/h3-10H,2,11-12H2,1H3. The summed E-state index contributed by atoms with van der Waals surface area (Å²) in [5, 5.41) is 2.22. The van der Waals surface area contributed by atoms with E-state index in [-0.39, 0.29) is 5.56 Å². The zero-order valence-electron chi connectivity index (χ0n) is 13.2. The van der Waals surface area contributed by atoms with E-state index in [1.807, 2.05) is 55.5 Å². The molecule has 0 saturated carbocycles. The smallest absolute Gasteiger partial charge is 0.262 e. The number of thioether (sulfide) groups is 2. The Hall–Kier alpha value is -1.43. The van der Waals surface area contributed by atoms with Crippen LogP contribution in [0.4, 0.5) is 0 Å². The van der Waals surface area contributed by atoms with Gasteiger partial charge in [0.15, 0.2) is 5.16 Å². The minimum Gasteiger partial charge on any atom is -0.287 e. The monoisotopic (exact) mass is 376 g/mol. The highest BCUT2D eigenvalue weighted by Crippen LogP contribution is 2.24. The molecule has 3 aromatic rings. The third-order valence-electron chi connectivity index (χ3n) is 3.54. The van der Waals surface area contributed by atoms with Crippen LogP contribution >= 0.6 is 35.1 Å². The van der Waals surface area contributed by atoms with Gasteiger partial charge in [-0.05, 0) is 43.3 Å². The first-order valence-corrected chi connectivity index (χ1v) is 10.0. The summed E-state index contributed by atoms with van der Waals surface area (Å²) < 4.78 is 1.75. The first-order valence-electron chi connectivity index (χ1n) is 7.70. The molecule has 0 spiro atoms. The van der Waals surface area contributed by atoms with Crippen molar-refractivity contribution < 1.29 is 0 Å². The molecule has 6 heteroatoms. The van der Waals surface area contributed by atoms with E-state index < -0.39 is 0 Å². The highest BCUT2D eigenvalue weighted by molar-refractivity contribution is 8.02. The third kappa shape index (κ3) is 3.97. The minimum absolute atomic E-state index is 0.0379. The van der Waals surface area contributed by atoms with Crippen molar-refractivity contribution in [1.29, 1.82) is 0 Å². The lowest BCUT2D eigenvalue weighted by Crippen LogP contribution is -2.22. The fourth-order valence-corrected chi connectivity index (χ4v) is 4.43. The fraction of sp³-hybridized carbons (Fsp3) is 0.222. The number of nitrogens with zero attached hydrogens (tertiary/aromatic N) is 2. The molecule has 0 fully saturated rings. The summed E-state index contributed by atoms with van der Waals surface area (Å²) in [5.74, 6) is 1.83. The highest BCUT2D eigenvalue weighted by Gasteiger charge is 2.09. The number of hydrogen-bond acceptors (Lipinski definition) is 4. The van der Waals surface area contributed by atoms with Crippen molar-refractivity contribution in [3.05, 3.63) is 63.9 Å². The molecule has 0 amide bonds. The Morgan fingerprint density at radius 1 is 1.04 bits per heavy atom. The van der Waals surface area contributed by atoms with E-state index in [0.29, 0.717) is 11.9 Å². The lowest BCUT2D eigenvalue weighted by atomic mass is 10.2. The van der Waals surface area contributed by atoms with Gasteiger partial charge in [0, 0.05) is 28.0 Å². The first kappa shape index (κ1) is 17.4. The lowest BCUT2D eigenvalue weighted by Gasteiger charge is -2.11. The van der Waals surface area contributed by atoms with Crippen molar-refractivity contribution in [2.45, 2.75) is 23.5 Å². The van der Waals surface area contributed by atoms with Gasteiger partial charge in [0.25, 0.3) is 5.56 Å². The Balaban J connectivity index is 1.70. The van der Waals surface area contributed by atoms with Crippen molar-refractivity contribution in [2.24, 2.45) is 0 Å². The molecule has 0 N–H and O–H groups in total. The highest BCUT2D eigenvalue weighted by atomic mass is 35.5. The quantitative estimate of drug-likeness (QED) is 0.346. The maximum Gasteiger partial charge on any atom is 0.262 e. The van der Waals surface area contributed by atoms with Crippen molar-refractivity contribution in [2.75, 3.05) is 11.5 Å². The van der Waals surface area contributed by atoms with Crippen LogP contribution in [0.3, 0.4) is 0 Å². The molecule has 1 heterocycles. The van der Waals surface area contributed by atoms with Gasteiger partial charge in [-0.2, -0.15) is 0 Å². The molecule has 0 unspecified atom stereocenters. The van der Waals surface area contributed by atoms with E-state index in [9.17, 15) is 4.79 Å². The van der Waals surface area contributed by atoms with E-state index >= 15 is 0 Å². The van der Waals surface area contributed by atoms with E-state index in [0.717, 1.165) is 27.2 Å². The summed E-state index contributed by atoms with van der Waals surface area (Å²) in [7, 11) is 0. The summed E-state index contributed by atoms with van der Waals surface area (Å²) in [6, 6.07) is 15.4. The van der Waals surface area contributed by atoms with Gasteiger partial charge >= 0.3 is 0 Å². The molecule has 0 saturated heterocycles. The van der Waals surface area contributed by atoms with Gasteiger partial charge in [0.2, 0.25) is 0 Å². The van der Waals surface area contributed by atoms with E-state index in [2.05, 4.69) is 4.98 Å². The molecule has 0 aliphatic carbocycles. The molecular weight excluding hydrogens is 360 g/mol. The Bertz CT molecular complexity index is 894. The average molecular weight is 377 g/mol. The number of halogens is 1. The molecule has 24 heavy (non-hydrogen) atoms. The predicted octanol–water partition coefficient (Wildman–Crippen LogP) is 4.95. The number of benzene rings is 2. The molecule has 0 radical (unpaired) electrons. The van der Waals surface area contributed by atoms with Crippen molar-refractivity contribution >= 4 is 46.0 Å². The van der Waals surface area contributed by atoms with Crippen LogP contribution in [0.5, 0.6) is 0 Å². The first-order chi connectivity index (χ1) is 11.7. The summed E-state index contributed by atoms with van der Waals surface area (Å²) in [6.45, 7) is 2.60. The summed E-state index contributed by atoms with van der Waals surface area (Å²) >= 11 is 9.30. The molecule has 0 aliphatic rings. The minimum atomic E-state index is 0.0379. The van der Waals surface area contributed by atoms with Gasteiger partial charge in [-0.15, -0.1) is 11.8 Å². The Morgan fingerprint density at radius 3 is 2.50 bits per heavy atom. The second kappa shape index (κ2) is 8.10. The molecule has 3 nitrogen and oxygen atoms in total. The van der Waals surface area contributed by atoms with Gasteiger partial charge in [0.1, 0.15) is 0 Å². The second-order valence-electron chi connectivity index (χ2n) is 5.11. The van der Waals surface area contributed by atoms with Crippen molar-refractivity contribution in [1.82, 2.24) is 9.55 Å². The molecule has 0 bridgehead atoms. The Morgan fingerprint density at radius 2 is 1.75 bits per heavy atom. The Kier molecular flexibility index (Phi) is 5.87. The van der Waals surface area contributed by atoms with Crippen LogP contribution in [0, 0.1) is 0 Å². The summed E-state index contributed by atoms with van der Waals surface area (Å²) in [5.41, 5.74) is 0.802. The molecule has 0 aliphatic heterocycles. The zero-order chi connectivity index (χ0) is 16.9. The third-order valence-corrected chi connectivity index (χ3v) is 6.04. The molecule has 2 aromatic carbocycles. The zero-order valence-corrected chi connectivity index (χ0v) is 15.6. The normalized spacial score (nSPS) is 11.1. The van der Waals surface area contributed by atoms with Crippen LogP contribution < -0.4 is 5.56 Å². The van der Waals surface area contributed by atoms with Crippen LogP contribution in [0.1, 0.15) is 6.92 Å². The molecule has 1 aromatic heterocycles. The molecule has 0 atom stereocenters. The van der Waals surface area contributed by atoms with Crippen LogP contribution in [-0.4, -0.2) is 21.1 Å². The van der Waals surface area contributed by atoms with E-state index in [1.165, 1.54) is 4.90 Å². The number of aromatic nitrogens is 2. The number of para-hydroxylation sites is 1. The van der Waals surface area contributed by atoms with E-state index in [4.69, 9.17) is 11.6 Å². The van der Waals surface area contributed by atoms with Crippen molar-refractivity contribution in [3.8, 4) is 0 Å². The largest absolute Gasteiger partial charge is 0.287 e. The van der Waals surface area contributed by atoms with Crippen LogP contribution in [0.2, 0.25) is 5.02 Å². The number of rotatable bonds is 6.